The van der Waals surface area contributed by atoms with Crippen LogP contribution in [0.2, 0.25) is 0 Å². The van der Waals surface area contributed by atoms with E-state index in [2.05, 4.69) is 15.0 Å². The summed E-state index contributed by atoms with van der Waals surface area (Å²) in [7, 11) is 1.24. The Hall–Kier alpha value is -2.71. The highest BCUT2D eigenvalue weighted by atomic mass is 16.6. The lowest BCUT2D eigenvalue weighted by atomic mass is 10.3. The molecule has 0 atom stereocenters. The predicted octanol–water partition coefficient (Wildman–Crippen LogP) is 0.898. The first-order valence-corrected chi connectivity index (χ1v) is 6.09. The van der Waals surface area contributed by atoms with Crippen LogP contribution < -0.4 is 5.32 Å². The van der Waals surface area contributed by atoms with Crippen molar-refractivity contribution in [1.82, 2.24) is 4.98 Å². The number of carbonyl (C=O) groups is 2. The Kier molecular flexibility index (Phi) is 6.58. The summed E-state index contributed by atoms with van der Waals surface area (Å²) in [4.78, 5) is 35.8. The van der Waals surface area contributed by atoms with Gasteiger partial charge in [-0.3, -0.25) is 19.7 Å². The van der Waals surface area contributed by atoms with Crippen LogP contribution in [0, 0.1) is 10.1 Å². The zero-order valence-electron chi connectivity index (χ0n) is 11.4. The van der Waals surface area contributed by atoms with Crippen molar-refractivity contribution in [2.75, 3.05) is 25.6 Å². The highest BCUT2D eigenvalue weighted by Crippen LogP contribution is 2.11. The van der Waals surface area contributed by atoms with E-state index in [9.17, 15) is 19.7 Å². The van der Waals surface area contributed by atoms with Crippen LogP contribution >= 0.6 is 0 Å². The second-order valence-electron chi connectivity index (χ2n) is 3.88. The molecule has 0 saturated heterocycles. The third kappa shape index (κ3) is 6.32. The minimum Gasteiger partial charge on any atom is -0.469 e. The molecule has 0 unspecified atom stereocenters. The highest BCUT2D eigenvalue weighted by Gasteiger charge is 2.08. The Balaban J connectivity index is 2.20. The van der Waals surface area contributed by atoms with Gasteiger partial charge in [0.25, 0.3) is 5.69 Å². The molecule has 1 heterocycles. The second kappa shape index (κ2) is 8.46. The first-order valence-electron chi connectivity index (χ1n) is 6.09. The van der Waals surface area contributed by atoms with Gasteiger partial charge in [0.2, 0.25) is 0 Å². The van der Waals surface area contributed by atoms with Gasteiger partial charge in [-0.1, -0.05) is 0 Å². The quantitative estimate of drug-likeness (QED) is 0.325. The van der Waals surface area contributed by atoms with E-state index in [0.29, 0.717) is 12.4 Å². The average Bonchev–Trinajstić information content (AvgIpc) is 2.49. The summed E-state index contributed by atoms with van der Waals surface area (Å²) < 4.78 is 9.27. The molecule has 0 spiro atoms. The number of hydrogen-bond acceptors (Lipinski definition) is 8. The molecule has 0 saturated carbocycles. The van der Waals surface area contributed by atoms with Crippen molar-refractivity contribution in [3.05, 3.63) is 28.4 Å². The normalized spacial score (nSPS) is 9.76. The van der Waals surface area contributed by atoms with Crippen molar-refractivity contribution in [1.29, 1.82) is 0 Å². The van der Waals surface area contributed by atoms with Crippen LogP contribution in [0.4, 0.5) is 11.5 Å². The molecule has 0 fully saturated rings. The Labute approximate surface area is 120 Å². The lowest BCUT2D eigenvalue weighted by molar-refractivity contribution is -0.385. The summed E-state index contributed by atoms with van der Waals surface area (Å²) in [5.41, 5.74) is -0.102. The predicted molar refractivity (Wildman–Crippen MR) is 71.6 cm³/mol. The van der Waals surface area contributed by atoms with E-state index in [0.717, 1.165) is 6.20 Å². The standard InChI is InChI=1S/C12H15N3O6/c1-20-11(16)4-5-12(17)21-7-6-13-10-3-2-9(8-14-10)15(18)19/h2-3,8H,4-7H2,1H3,(H,13,14). The molecular formula is C12H15N3O6. The molecule has 0 amide bonds. The van der Waals surface area contributed by atoms with Gasteiger partial charge in [0.15, 0.2) is 0 Å². The van der Waals surface area contributed by atoms with Gasteiger partial charge in [-0.15, -0.1) is 0 Å². The highest BCUT2D eigenvalue weighted by molar-refractivity contribution is 5.77. The topological polar surface area (TPSA) is 121 Å². The monoisotopic (exact) mass is 297 g/mol. The first-order chi connectivity index (χ1) is 10.0. The molecule has 0 bridgehead atoms. The number of nitro groups is 1. The Morgan fingerprint density at radius 1 is 1.33 bits per heavy atom. The van der Waals surface area contributed by atoms with Crippen molar-refractivity contribution in [2.45, 2.75) is 12.8 Å². The fourth-order valence-corrected chi connectivity index (χ4v) is 1.32. The van der Waals surface area contributed by atoms with Crippen LogP contribution in [-0.4, -0.2) is 42.1 Å². The molecule has 9 heteroatoms. The number of nitrogens with zero attached hydrogens (tertiary/aromatic N) is 2. The lowest BCUT2D eigenvalue weighted by Gasteiger charge is -2.06. The van der Waals surface area contributed by atoms with Crippen molar-refractivity contribution < 1.29 is 24.0 Å². The van der Waals surface area contributed by atoms with Gasteiger partial charge < -0.3 is 14.8 Å². The van der Waals surface area contributed by atoms with E-state index in [1.165, 1.54) is 19.2 Å². The van der Waals surface area contributed by atoms with Gasteiger partial charge in [0, 0.05) is 6.07 Å². The van der Waals surface area contributed by atoms with Crippen LogP contribution in [0.5, 0.6) is 0 Å². The van der Waals surface area contributed by atoms with Gasteiger partial charge in [-0.2, -0.15) is 0 Å². The van der Waals surface area contributed by atoms with Crippen LogP contribution in [0.15, 0.2) is 18.3 Å². The maximum atomic E-state index is 11.2. The Bertz CT molecular complexity index is 502. The minimum absolute atomic E-state index is 0.0212. The summed E-state index contributed by atoms with van der Waals surface area (Å²) in [5.74, 6) is -0.537. The van der Waals surface area contributed by atoms with Crippen LogP contribution in [0.1, 0.15) is 12.8 Å². The number of rotatable bonds is 8. The molecule has 1 rings (SSSR count). The Morgan fingerprint density at radius 3 is 2.62 bits per heavy atom. The molecule has 0 aromatic carbocycles. The second-order valence-corrected chi connectivity index (χ2v) is 3.88. The third-order valence-corrected chi connectivity index (χ3v) is 2.39. The van der Waals surface area contributed by atoms with Gasteiger partial charge in [-0.05, 0) is 6.07 Å². The summed E-state index contributed by atoms with van der Waals surface area (Å²) in [6, 6.07) is 2.77. The number of anilines is 1. The molecule has 0 aliphatic heterocycles. The Morgan fingerprint density at radius 2 is 2.05 bits per heavy atom. The zero-order chi connectivity index (χ0) is 15.7. The van der Waals surface area contributed by atoms with E-state index < -0.39 is 16.9 Å². The average molecular weight is 297 g/mol. The molecule has 0 aliphatic rings. The summed E-state index contributed by atoms with van der Waals surface area (Å²) in [5, 5.41) is 13.3. The van der Waals surface area contributed by atoms with E-state index in [1.807, 2.05) is 0 Å². The van der Waals surface area contributed by atoms with Crippen LogP contribution in [0.25, 0.3) is 0 Å². The van der Waals surface area contributed by atoms with Crippen molar-refractivity contribution in [2.24, 2.45) is 0 Å². The third-order valence-electron chi connectivity index (χ3n) is 2.39. The maximum Gasteiger partial charge on any atom is 0.306 e. The largest absolute Gasteiger partial charge is 0.469 e. The van der Waals surface area contributed by atoms with Gasteiger partial charge in [-0.25, -0.2) is 4.98 Å². The first kappa shape index (κ1) is 16.3. The van der Waals surface area contributed by atoms with E-state index in [-0.39, 0.29) is 25.1 Å². The number of nitrogens with one attached hydrogen (secondary N) is 1. The van der Waals surface area contributed by atoms with E-state index >= 15 is 0 Å². The summed E-state index contributed by atoms with van der Waals surface area (Å²) in [6.45, 7) is 0.396. The number of ether oxygens (including phenoxy) is 2. The lowest BCUT2D eigenvalue weighted by Crippen LogP contribution is -2.15. The van der Waals surface area contributed by atoms with Crippen molar-refractivity contribution in [3.8, 4) is 0 Å². The molecule has 9 nitrogen and oxygen atoms in total. The molecule has 1 aromatic heterocycles. The number of esters is 2. The summed E-state index contributed by atoms with van der Waals surface area (Å²) in [6.07, 6.45) is 1.07. The maximum absolute atomic E-state index is 11.2. The van der Waals surface area contributed by atoms with E-state index in [4.69, 9.17) is 4.74 Å². The van der Waals surface area contributed by atoms with E-state index in [1.54, 1.807) is 0 Å². The number of pyridine rings is 1. The molecule has 0 aliphatic carbocycles. The summed E-state index contributed by atoms with van der Waals surface area (Å²) >= 11 is 0. The van der Waals surface area contributed by atoms with Gasteiger partial charge in [0.1, 0.15) is 18.6 Å². The number of hydrogen-bond donors (Lipinski definition) is 1. The fraction of sp³-hybridized carbons (Fsp3) is 0.417. The molecule has 1 N–H and O–H groups in total. The molecule has 1 aromatic rings. The van der Waals surface area contributed by atoms with Gasteiger partial charge >= 0.3 is 11.9 Å². The molecule has 0 radical (unpaired) electrons. The fourth-order valence-electron chi connectivity index (χ4n) is 1.32. The molecule has 21 heavy (non-hydrogen) atoms. The number of methoxy groups -OCH3 is 1. The SMILES string of the molecule is COC(=O)CCC(=O)OCCNc1ccc([N+](=O)[O-])cn1. The zero-order valence-corrected chi connectivity index (χ0v) is 11.4. The smallest absolute Gasteiger partial charge is 0.306 e. The number of aromatic nitrogens is 1. The minimum atomic E-state index is -0.542. The van der Waals surface area contributed by atoms with Crippen LogP contribution in [0.3, 0.4) is 0 Å². The van der Waals surface area contributed by atoms with Crippen LogP contribution in [-0.2, 0) is 19.1 Å². The molecule has 114 valence electrons. The number of carbonyl (C=O) groups excluding carboxylic acids is 2. The van der Waals surface area contributed by atoms with Crippen molar-refractivity contribution in [3.63, 3.8) is 0 Å². The molecular weight excluding hydrogens is 282 g/mol. The van der Waals surface area contributed by atoms with Gasteiger partial charge in [0.05, 0.1) is 31.4 Å². The van der Waals surface area contributed by atoms with Crippen molar-refractivity contribution >= 4 is 23.4 Å².